The van der Waals surface area contributed by atoms with Crippen LogP contribution < -0.4 is 14.3 Å². The summed E-state index contributed by atoms with van der Waals surface area (Å²) in [4.78, 5) is 13.5. The van der Waals surface area contributed by atoms with E-state index in [9.17, 15) is 13.2 Å². The van der Waals surface area contributed by atoms with Gasteiger partial charge in [0, 0.05) is 19.3 Å². The summed E-state index contributed by atoms with van der Waals surface area (Å²) in [7, 11) is 0.925. The molecule has 0 saturated carbocycles. The van der Waals surface area contributed by atoms with Crippen molar-refractivity contribution in [1.82, 2.24) is 9.29 Å². The SMILES string of the molecule is COc1ccc(CCN(C)S(=O)(=O)c2sc(=O)[nH]c2C)cc1OC. The van der Waals surface area contributed by atoms with E-state index >= 15 is 0 Å². The van der Waals surface area contributed by atoms with Gasteiger partial charge in [0.1, 0.15) is 0 Å². The highest BCUT2D eigenvalue weighted by atomic mass is 32.2. The molecule has 1 aromatic heterocycles. The molecule has 0 fully saturated rings. The van der Waals surface area contributed by atoms with Crippen LogP contribution in [-0.2, 0) is 16.4 Å². The Hall–Kier alpha value is -1.84. The lowest BCUT2D eigenvalue weighted by Crippen LogP contribution is -2.29. The van der Waals surface area contributed by atoms with E-state index in [1.807, 2.05) is 12.1 Å². The van der Waals surface area contributed by atoms with Crippen LogP contribution in [-0.4, -0.2) is 45.5 Å². The molecule has 132 valence electrons. The van der Waals surface area contributed by atoms with Gasteiger partial charge in [-0.05, 0) is 31.0 Å². The number of benzene rings is 1. The van der Waals surface area contributed by atoms with Gasteiger partial charge in [-0.1, -0.05) is 17.4 Å². The molecule has 2 aromatic rings. The smallest absolute Gasteiger partial charge is 0.305 e. The predicted octanol–water partition coefficient (Wildman–Crippen LogP) is 1.63. The highest BCUT2D eigenvalue weighted by molar-refractivity contribution is 7.91. The van der Waals surface area contributed by atoms with Crippen LogP contribution >= 0.6 is 11.3 Å². The number of likely N-dealkylation sites (N-methyl/N-ethyl adjacent to an activating group) is 1. The Labute approximate surface area is 144 Å². The summed E-state index contributed by atoms with van der Waals surface area (Å²) in [5.74, 6) is 1.22. The second-order valence-electron chi connectivity index (χ2n) is 5.19. The maximum Gasteiger partial charge on any atom is 0.305 e. The van der Waals surface area contributed by atoms with Gasteiger partial charge in [-0.25, -0.2) is 8.42 Å². The summed E-state index contributed by atoms with van der Waals surface area (Å²) in [5, 5.41) is 0. The summed E-state index contributed by atoms with van der Waals surface area (Å²) in [5.41, 5.74) is 1.29. The number of hydrogen-bond acceptors (Lipinski definition) is 6. The molecule has 2 rings (SSSR count). The molecular weight excluding hydrogens is 352 g/mol. The average Bonchev–Trinajstić information content (AvgIpc) is 2.91. The first kappa shape index (κ1) is 18.5. The lowest BCUT2D eigenvalue weighted by Gasteiger charge is -2.17. The molecule has 0 radical (unpaired) electrons. The minimum atomic E-state index is -3.68. The molecule has 0 aliphatic heterocycles. The summed E-state index contributed by atoms with van der Waals surface area (Å²) in [6.45, 7) is 1.86. The molecule has 0 atom stereocenters. The minimum absolute atomic E-state index is 0.0577. The maximum absolute atomic E-state index is 12.5. The van der Waals surface area contributed by atoms with Crippen molar-refractivity contribution in [1.29, 1.82) is 0 Å². The van der Waals surface area contributed by atoms with E-state index in [1.54, 1.807) is 27.2 Å². The Morgan fingerprint density at radius 3 is 2.42 bits per heavy atom. The number of H-pyrrole nitrogens is 1. The number of ether oxygens (including phenoxy) is 2. The van der Waals surface area contributed by atoms with Gasteiger partial charge < -0.3 is 14.5 Å². The van der Waals surface area contributed by atoms with Crippen molar-refractivity contribution in [2.75, 3.05) is 27.8 Å². The van der Waals surface area contributed by atoms with Gasteiger partial charge in [0.15, 0.2) is 15.7 Å². The van der Waals surface area contributed by atoms with Crippen LogP contribution in [0.3, 0.4) is 0 Å². The quantitative estimate of drug-likeness (QED) is 0.798. The number of thiazole rings is 1. The molecule has 0 amide bonds. The zero-order valence-corrected chi connectivity index (χ0v) is 15.6. The van der Waals surface area contributed by atoms with Crippen molar-refractivity contribution in [3.63, 3.8) is 0 Å². The molecule has 1 N–H and O–H groups in total. The summed E-state index contributed by atoms with van der Waals surface area (Å²) in [6, 6.07) is 5.46. The zero-order chi connectivity index (χ0) is 17.9. The largest absolute Gasteiger partial charge is 0.493 e. The third kappa shape index (κ3) is 3.80. The number of aromatic nitrogens is 1. The molecule has 0 aliphatic carbocycles. The molecule has 0 bridgehead atoms. The van der Waals surface area contributed by atoms with Crippen LogP contribution in [0.25, 0.3) is 0 Å². The molecule has 1 heterocycles. The number of methoxy groups -OCH3 is 2. The van der Waals surface area contributed by atoms with E-state index in [4.69, 9.17) is 9.47 Å². The lowest BCUT2D eigenvalue weighted by molar-refractivity contribution is 0.354. The van der Waals surface area contributed by atoms with Gasteiger partial charge in [0.2, 0.25) is 0 Å². The first-order valence-electron chi connectivity index (χ1n) is 7.16. The van der Waals surface area contributed by atoms with Crippen molar-refractivity contribution >= 4 is 21.4 Å². The summed E-state index contributed by atoms with van der Waals surface area (Å²) < 4.78 is 36.8. The number of nitrogens with zero attached hydrogens (tertiary/aromatic N) is 1. The van der Waals surface area contributed by atoms with Crippen LogP contribution in [0, 0.1) is 6.92 Å². The average molecular weight is 372 g/mol. The molecule has 24 heavy (non-hydrogen) atoms. The number of aromatic amines is 1. The number of rotatable bonds is 7. The van der Waals surface area contributed by atoms with Crippen LogP contribution in [0.4, 0.5) is 0 Å². The van der Waals surface area contributed by atoms with Gasteiger partial charge in [0.05, 0.1) is 14.2 Å². The fourth-order valence-corrected chi connectivity index (χ4v) is 4.88. The number of sulfonamides is 1. The Morgan fingerprint density at radius 1 is 1.21 bits per heavy atom. The molecule has 9 heteroatoms. The second-order valence-corrected chi connectivity index (χ2v) is 8.42. The maximum atomic E-state index is 12.5. The zero-order valence-electron chi connectivity index (χ0n) is 14.0. The van der Waals surface area contributed by atoms with E-state index in [2.05, 4.69) is 4.98 Å². The highest BCUT2D eigenvalue weighted by Gasteiger charge is 2.25. The van der Waals surface area contributed by atoms with Crippen LogP contribution in [0.5, 0.6) is 11.5 Å². The fourth-order valence-electron chi connectivity index (χ4n) is 2.22. The van der Waals surface area contributed by atoms with Crippen molar-refractivity contribution in [2.24, 2.45) is 0 Å². The topological polar surface area (TPSA) is 88.7 Å². The Kier molecular flexibility index (Phi) is 5.68. The van der Waals surface area contributed by atoms with E-state index in [0.717, 1.165) is 5.56 Å². The molecule has 0 unspecified atom stereocenters. The van der Waals surface area contributed by atoms with Crippen molar-refractivity contribution in [2.45, 2.75) is 17.6 Å². The van der Waals surface area contributed by atoms with Crippen LogP contribution in [0.2, 0.25) is 0 Å². The van der Waals surface area contributed by atoms with Crippen LogP contribution in [0.1, 0.15) is 11.3 Å². The molecular formula is C15H20N2O5S2. The number of aryl methyl sites for hydroxylation is 1. The third-order valence-corrected chi connectivity index (χ3v) is 7.03. The van der Waals surface area contributed by atoms with E-state index < -0.39 is 10.0 Å². The van der Waals surface area contributed by atoms with E-state index in [0.29, 0.717) is 35.0 Å². The first-order chi connectivity index (χ1) is 11.3. The molecule has 7 nitrogen and oxygen atoms in total. The Bertz CT molecular complexity index is 870. The van der Waals surface area contributed by atoms with Crippen molar-refractivity contribution in [3.05, 3.63) is 39.1 Å². The highest BCUT2D eigenvalue weighted by Crippen LogP contribution is 2.28. The van der Waals surface area contributed by atoms with Gasteiger partial charge in [-0.2, -0.15) is 4.31 Å². The van der Waals surface area contributed by atoms with E-state index in [1.165, 1.54) is 11.4 Å². The van der Waals surface area contributed by atoms with E-state index in [-0.39, 0.29) is 15.6 Å². The Balaban J connectivity index is 2.14. The number of hydrogen-bond donors (Lipinski definition) is 1. The van der Waals surface area contributed by atoms with Crippen molar-refractivity contribution < 1.29 is 17.9 Å². The normalized spacial score (nSPS) is 11.7. The first-order valence-corrected chi connectivity index (χ1v) is 9.42. The van der Waals surface area contributed by atoms with Gasteiger partial charge in [0.25, 0.3) is 10.0 Å². The Morgan fingerprint density at radius 2 is 1.88 bits per heavy atom. The van der Waals surface area contributed by atoms with Gasteiger partial charge in [-0.3, -0.25) is 4.79 Å². The third-order valence-electron chi connectivity index (χ3n) is 3.59. The predicted molar refractivity (Wildman–Crippen MR) is 92.7 cm³/mol. The second kappa shape index (κ2) is 7.37. The van der Waals surface area contributed by atoms with Gasteiger partial charge >= 0.3 is 4.87 Å². The number of nitrogens with one attached hydrogen (secondary N) is 1. The van der Waals surface area contributed by atoms with Crippen molar-refractivity contribution in [3.8, 4) is 11.5 Å². The molecule has 0 spiro atoms. The molecule has 0 aliphatic rings. The molecule has 1 aromatic carbocycles. The summed E-state index contributed by atoms with van der Waals surface area (Å²) in [6.07, 6.45) is 0.508. The lowest BCUT2D eigenvalue weighted by atomic mass is 10.1. The minimum Gasteiger partial charge on any atom is -0.493 e. The fraction of sp³-hybridized carbons (Fsp3) is 0.400. The standard InChI is InChI=1S/C15H20N2O5S2/c1-10-14(23-15(18)16-10)24(19,20)17(2)8-7-11-5-6-12(21-3)13(9-11)22-4/h5-6,9H,7-8H2,1-4H3,(H,16,18). The monoisotopic (exact) mass is 372 g/mol. The van der Waals surface area contributed by atoms with Crippen LogP contribution in [0.15, 0.2) is 27.2 Å². The van der Waals surface area contributed by atoms with Gasteiger partial charge in [-0.15, -0.1) is 0 Å². The molecule has 0 saturated heterocycles. The summed E-state index contributed by atoms with van der Waals surface area (Å²) >= 11 is 0.705.